The Labute approximate surface area is 107 Å². The van der Waals surface area contributed by atoms with Crippen molar-refractivity contribution in [1.82, 2.24) is 5.32 Å². The molecule has 2 N–H and O–H groups in total. The van der Waals surface area contributed by atoms with E-state index in [2.05, 4.69) is 5.32 Å². The summed E-state index contributed by atoms with van der Waals surface area (Å²) in [7, 11) is -2.92. The van der Waals surface area contributed by atoms with Crippen molar-refractivity contribution in [1.29, 1.82) is 0 Å². The van der Waals surface area contributed by atoms with Gasteiger partial charge in [-0.15, -0.1) is 0 Å². The van der Waals surface area contributed by atoms with Crippen LogP contribution in [0.3, 0.4) is 0 Å². The van der Waals surface area contributed by atoms with Crippen LogP contribution in [0.25, 0.3) is 0 Å². The van der Waals surface area contributed by atoms with Crippen LogP contribution in [0.15, 0.2) is 0 Å². The molecule has 3 atom stereocenters. The van der Waals surface area contributed by atoms with E-state index in [1.807, 2.05) is 6.92 Å². The van der Waals surface area contributed by atoms with Crippen molar-refractivity contribution in [2.45, 2.75) is 43.9 Å². The third-order valence-corrected chi connectivity index (χ3v) is 5.55. The molecule has 3 unspecified atom stereocenters. The van der Waals surface area contributed by atoms with Gasteiger partial charge in [0, 0.05) is 12.1 Å². The Balaban J connectivity index is 1.81. The highest BCUT2D eigenvalue weighted by atomic mass is 32.2. The van der Waals surface area contributed by atoms with E-state index in [1.54, 1.807) is 0 Å². The largest absolute Gasteiger partial charge is 0.479 e. The SMILES string of the molecule is CC1(NCC2CCC(C(=O)O)O2)CCS(=O)(=O)C1. The molecule has 7 heteroatoms. The van der Waals surface area contributed by atoms with E-state index in [0.717, 1.165) is 0 Å². The summed E-state index contributed by atoms with van der Waals surface area (Å²) in [5.41, 5.74) is -0.399. The lowest BCUT2D eigenvalue weighted by molar-refractivity contribution is -0.149. The number of aliphatic carboxylic acids is 1. The molecule has 0 aromatic rings. The quantitative estimate of drug-likeness (QED) is 0.738. The minimum absolute atomic E-state index is 0.133. The van der Waals surface area contributed by atoms with Crippen LogP contribution in [0, 0.1) is 0 Å². The Kier molecular flexibility index (Phi) is 3.66. The standard InChI is InChI=1S/C11H19NO5S/c1-11(4-5-18(15,16)7-11)12-6-8-2-3-9(17-8)10(13)14/h8-9,12H,2-7H2,1H3,(H,13,14). The first-order valence-corrected chi connectivity index (χ1v) is 7.96. The summed E-state index contributed by atoms with van der Waals surface area (Å²) in [4.78, 5) is 10.7. The second-order valence-electron chi connectivity index (χ2n) is 5.45. The Morgan fingerprint density at radius 1 is 1.50 bits per heavy atom. The van der Waals surface area contributed by atoms with Crippen molar-refractivity contribution in [2.75, 3.05) is 18.1 Å². The molecule has 2 aliphatic heterocycles. The van der Waals surface area contributed by atoms with E-state index >= 15 is 0 Å². The van der Waals surface area contributed by atoms with Crippen LogP contribution in [0.5, 0.6) is 0 Å². The summed E-state index contributed by atoms with van der Waals surface area (Å²) in [6.07, 6.45) is 0.983. The molecule has 2 rings (SSSR count). The lowest BCUT2D eigenvalue weighted by atomic mass is 10.0. The van der Waals surface area contributed by atoms with Crippen LogP contribution in [0.4, 0.5) is 0 Å². The third-order valence-electron chi connectivity index (χ3n) is 3.64. The second-order valence-corrected chi connectivity index (χ2v) is 7.63. The summed E-state index contributed by atoms with van der Waals surface area (Å²) >= 11 is 0. The monoisotopic (exact) mass is 277 g/mol. The topological polar surface area (TPSA) is 92.7 Å². The maximum atomic E-state index is 11.4. The van der Waals surface area contributed by atoms with Gasteiger partial charge in [0.2, 0.25) is 0 Å². The van der Waals surface area contributed by atoms with E-state index in [4.69, 9.17) is 9.84 Å². The van der Waals surface area contributed by atoms with Gasteiger partial charge in [0.05, 0.1) is 17.6 Å². The molecule has 18 heavy (non-hydrogen) atoms. The molecule has 0 radical (unpaired) electrons. The van der Waals surface area contributed by atoms with Gasteiger partial charge in [-0.05, 0) is 26.2 Å². The number of sulfone groups is 1. The smallest absolute Gasteiger partial charge is 0.332 e. The Morgan fingerprint density at radius 3 is 2.72 bits per heavy atom. The molecule has 0 spiro atoms. The highest BCUT2D eigenvalue weighted by Gasteiger charge is 2.39. The maximum Gasteiger partial charge on any atom is 0.332 e. The fourth-order valence-corrected chi connectivity index (χ4v) is 4.67. The molecule has 0 aromatic carbocycles. The zero-order valence-corrected chi connectivity index (χ0v) is 11.2. The van der Waals surface area contributed by atoms with Crippen molar-refractivity contribution < 1.29 is 23.1 Å². The number of carboxylic acids is 1. The van der Waals surface area contributed by atoms with Crippen molar-refractivity contribution >= 4 is 15.8 Å². The molecule has 0 aliphatic carbocycles. The first kappa shape index (κ1) is 13.8. The van der Waals surface area contributed by atoms with E-state index in [9.17, 15) is 13.2 Å². The van der Waals surface area contributed by atoms with Gasteiger partial charge in [0.15, 0.2) is 15.9 Å². The lowest BCUT2D eigenvalue weighted by Gasteiger charge is -2.25. The Bertz CT molecular complexity index is 435. The number of hydrogen-bond donors (Lipinski definition) is 2. The second kappa shape index (κ2) is 4.79. The first-order chi connectivity index (χ1) is 8.30. The molecule has 2 heterocycles. The fraction of sp³-hybridized carbons (Fsp3) is 0.909. The molecule has 104 valence electrons. The summed E-state index contributed by atoms with van der Waals surface area (Å²) < 4.78 is 28.2. The van der Waals surface area contributed by atoms with Gasteiger partial charge in [-0.25, -0.2) is 13.2 Å². The van der Waals surface area contributed by atoms with Gasteiger partial charge in [-0.3, -0.25) is 0 Å². The minimum atomic E-state index is -2.92. The van der Waals surface area contributed by atoms with E-state index in [-0.39, 0.29) is 17.6 Å². The van der Waals surface area contributed by atoms with Crippen LogP contribution >= 0.6 is 0 Å². The fourth-order valence-electron chi connectivity index (χ4n) is 2.55. The van der Waals surface area contributed by atoms with Gasteiger partial charge < -0.3 is 15.2 Å². The maximum absolute atomic E-state index is 11.4. The van der Waals surface area contributed by atoms with Crippen molar-refractivity contribution in [3.05, 3.63) is 0 Å². The Hall–Kier alpha value is -0.660. The number of carboxylic acid groups (broad SMARTS) is 1. The average Bonchev–Trinajstić information content (AvgIpc) is 2.81. The van der Waals surface area contributed by atoms with Crippen molar-refractivity contribution in [3.63, 3.8) is 0 Å². The van der Waals surface area contributed by atoms with E-state index < -0.39 is 27.4 Å². The van der Waals surface area contributed by atoms with Crippen LogP contribution in [-0.4, -0.2) is 55.3 Å². The molecule has 0 saturated carbocycles. The molecular formula is C11H19NO5S. The summed E-state index contributed by atoms with van der Waals surface area (Å²) in [6.45, 7) is 2.40. The molecule has 0 bridgehead atoms. The first-order valence-electron chi connectivity index (χ1n) is 6.13. The third kappa shape index (κ3) is 3.21. The van der Waals surface area contributed by atoms with Crippen LogP contribution in [0.1, 0.15) is 26.2 Å². The van der Waals surface area contributed by atoms with Gasteiger partial charge in [-0.2, -0.15) is 0 Å². The molecule has 0 amide bonds. The normalized spacial score (nSPS) is 38.9. The number of hydrogen-bond acceptors (Lipinski definition) is 5. The molecular weight excluding hydrogens is 258 g/mol. The predicted molar refractivity (Wildman–Crippen MR) is 65.2 cm³/mol. The van der Waals surface area contributed by atoms with Crippen LogP contribution in [0.2, 0.25) is 0 Å². The van der Waals surface area contributed by atoms with Gasteiger partial charge >= 0.3 is 5.97 Å². The number of ether oxygens (including phenoxy) is 1. The minimum Gasteiger partial charge on any atom is -0.479 e. The highest BCUT2D eigenvalue weighted by molar-refractivity contribution is 7.91. The highest BCUT2D eigenvalue weighted by Crippen LogP contribution is 2.24. The average molecular weight is 277 g/mol. The zero-order valence-electron chi connectivity index (χ0n) is 10.4. The molecule has 2 fully saturated rings. The summed E-state index contributed by atoms with van der Waals surface area (Å²) in [6, 6.07) is 0. The van der Waals surface area contributed by atoms with Crippen molar-refractivity contribution in [2.24, 2.45) is 0 Å². The van der Waals surface area contributed by atoms with Gasteiger partial charge in [-0.1, -0.05) is 0 Å². The van der Waals surface area contributed by atoms with Crippen LogP contribution < -0.4 is 5.32 Å². The lowest BCUT2D eigenvalue weighted by Crippen LogP contribution is -2.46. The zero-order chi connectivity index (χ0) is 13.4. The molecule has 6 nitrogen and oxygen atoms in total. The van der Waals surface area contributed by atoms with Crippen LogP contribution in [-0.2, 0) is 19.4 Å². The van der Waals surface area contributed by atoms with E-state index in [1.165, 1.54) is 0 Å². The number of carbonyl (C=O) groups is 1. The summed E-state index contributed by atoms with van der Waals surface area (Å²) in [5.74, 6) is -0.554. The van der Waals surface area contributed by atoms with Gasteiger partial charge in [0.25, 0.3) is 0 Å². The number of rotatable bonds is 4. The van der Waals surface area contributed by atoms with E-state index in [0.29, 0.717) is 25.8 Å². The molecule has 2 saturated heterocycles. The Morgan fingerprint density at radius 2 is 2.22 bits per heavy atom. The molecule has 0 aromatic heterocycles. The predicted octanol–water partition coefficient (Wildman–Crippen LogP) is -0.215. The molecule has 2 aliphatic rings. The summed E-state index contributed by atoms with van der Waals surface area (Å²) in [5, 5.41) is 12.0. The number of nitrogens with one attached hydrogen (secondary N) is 1. The van der Waals surface area contributed by atoms with Gasteiger partial charge in [0.1, 0.15) is 0 Å². The van der Waals surface area contributed by atoms with Crippen molar-refractivity contribution in [3.8, 4) is 0 Å².